The summed E-state index contributed by atoms with van der Waals surface area (Å²) < 4.78 is 0. The number of carboxylic acids is 1. The van der Waals surface area contributed by atoms with Crippen molar-refractivity contribution in [2.24, 2.45) is 28.1 Å². The molecule has 0 saturated carbocycles. The van der Waals surface area contributed by atoms with Gasteiger partial charge >= 0.3 is 13.1 Å². The van der Waals surface area contributed by atoms with Crippen LogP contribution in [0.4, 0.5) is 0 Å². The first-order valence-electron chi connectivity index (χ1n) is 7.48. The topological polar surface area (TPSA) is 192 Å². The molecule has 10 nitrogen and oxygen atoms in total. The van der Waals surface area contributed by atoms with Crippen molar-refractivity contribution in [2.45, 2.75) is 43.9 Å². The van der Waals surface area contributed by atoms with Crippen LogP contribution in [0.1, 0.15) is 19.8 Å². The number of rotatable bonds is 7. The summed E-state index contributed by atoms with van der Waals surface area (Å²) in [7, 11) is -1.43. The number of aliphatic hydroxyl groups excluding tert-OH is 1. The molecule has 1 heterocycles. The van der Waals surface area contributed by atoms with E-state index in [1.807, 2.05) is 0 Å². The van der Waals surface area contributed by atoms with Gasteiger partial charge in [-0.1, -0.05) is 6.42 Å². The number of aliphatic imine (C=N–C) groups is 1. The number of nitrogens with zero attached hydrogens (tertiary/aromatic N) is 2. The highest BCUT2D eigenvalue weighted by atomic mass is 16.4. The lowest BCUT2D eigenvalue weighted by Gasteiger charge is -2.25. The molecule has 1 rings (SSSR count). The summed E-state index contributed by atoms with van der Waals surface area (Å²) in [4.78, 5) is 16.9. The average molecular weight is 331 g/mol. The molecule has 1 aliphatic rings. The van der Waals surface area contributed by atoms with Gasteiger partial charge in [-0.05, 0) is 19.7 Å². The van der Waals surface area contributed by atoms with Crippen molar-refractivity contribution in [3.8, 4) is 0 Å². The predicted octanol–water partition coefficient (Wildman–Crippen LogP) is -3.07. The van der Waals surface area contributed by atoms with Crippen LogP contribution in [0.2, 0.25) is 6.32 Å². The van der Waals surface area contributed by atoms with Crippen molar-refractivity contribution in [3.05, 3.63) is 0 Å². The van der Waals surface area contributed by atoms with Gasteiger partial charge in [-0.2, -0.15) is 0 Å². The molecule has 4 unspecified atom stereocenters. The summed E-state index contributed by atoms with van der Waals surface area (Å²) in [5.41, 5.74) is 15.8. The van der Waals surface area contributed by atoms with Crippen LogP contribution >= 0.6 is 0 Å². The van der Waals surface area contributed by atoms with Gasteiger partial charge in [-0.15, -0.1) is 0 Å². The third-order valence-electron chi connectivity index (χ3n) is 4.09. The quantitative estimate of drug-likeness (QED) is 0.144. The number of hydrogen-bond donors (Lipinski definition) is 7. The Morgan fingerprint density at radius 1 is 1.52 bits per heavy atom. The molecule has 0 aromatic carbocycles. The van der Waals surface area contributed by atoms with E-state index in [0.717, 1.165) is 0 Å². The SMILES string of the molecule is CC(N)C(O)N=C(N)N1CC(CCCB(O)O)C(N)(C(=O)O)C1. The van der Waals surface area contributed by atoms with Crippen molar-refractivity contribution in [3.63, 3.8) is 0 Å². The summed E-state index contributed by atoms with van der Waals surface area (Å²) in [6.07, 6.45) is -0.225. The zero-order chi connectivity index (χ0) is 17.8. The van der Waals surface area contributed by atoms with E-state index in [9.17, 15) is 15.0 Å². The van der Waals surface area contributed by atoms with Gasteiger partial charge in [0.1, 0.15) is 5.54 Å². The highest BCUT2D eigenvalue weighted by Crippen LogP contribution is 2.30. The van der Waals surface area contributed by atoms with Crippen LogP contribution in [0.3, 0.4) is 0 Å². The van der Waals surface area contributed by atoms with E-state index in [2.05, 4.69) is 4.99 Å². The fourth-order valence-corrected chi connectivity index (χ4v) is 2.59. The van der Waals surface area contributed by atoms with E-state index in [1.54, 1.807) is 6.92 Å². The maximum Gasteiger partial charge on any atom is 0.451 e. The Morgan fingerprint density at radius 3 is 2.61 bits per heavy atom. The van der Waals surface area contributed by atoms with Gasteiger partial charge in [0.05, 0.1) is 0 Å². The molecule has 1 saturated heterocycles. The second-order valence-corrected chi connectivity index (χ2v) is 6.09. The molecule has 132 valence electrons. The molecule has 0 amide bonds. The number of hydrogen-bond acceptors (Lipinski definition) is 7. The van der Waals surface area contributed by atoms with Gasteiger partial charge in [-0.3, -0.25) is 4.79 Å². The molecule has 0 spiro atoms. The van der Waals surface area contributed by atoms with Crippen LogP contribution in [0, 0.1) is 5.92 Å². The van der Waals surface area contributed by atoms with Crippen LogP contribution in [-0.4, -0.2) is 75.1 Å². The summed E-state index contributed by atoms with van der Waals surface area (Å²) in [5, 5.41) is 36.8. The number of carbonyl (C=O) groups is 1. The fourth-order valence-electron chi connectivity index (χ4n) is 2.59. The van der Waals surface area contributed by atoms with E-state index >= 15 is 0 Å². The van der Waals surface area contributed by atoms with Crippen LogP contribution in [0.15, 0.2) is 4.99 Å². The standard InChI is InChI=1S/C12H26BN5O5/c1-7(14)9(19)17-11(15)18-5-8(3-2-4-13(22)23)12(16,6-18)10(20)21/h7-9,19,22-23H,2-6,14,16H2,1H3,(H2,15,17)(H,20,21). The maximum atomic E-state index is 11.5. The number of guanidine groups is 1. The van der Waals surface area contributed by atoms with Crippen molar-refractivity contribution < 1.29 is 25.1 Å². The molecule has 0 aromatic heterocycles. The minimum atomic E-state index is -1.51. The van der Waals surface area contributed by atoms with Crippen LogP contribution in [0.5, 0.6) is 0 Å². The molecule has 23 heavy (non-hydrogen) atoms. The number of likely N-dealkylation sites (tertiary alicyclic amines) is 1. The van der Waals surface area contributed by atoms with Crippen LogP contribution in [0.25, 0.3) is 0 Å². The summed E-state index contributed by atoms with van der Waals surface area (Å²) in [6, 6.07) is -0.611. The van der Waals surface area contributed by atoms with E-state index in [4.69, 9.17) is 27.2 Å². The Bertz CT molecular complexity index is 450. The van der Waals surface area contributed by atoms with Gasteiger partial charge in [0.25, 0.3) is 0 Å². The molecule has 1 fully saturated rings. The maximum absolute atomic E-state index is 11.5. The third-order valence-corrected chi connectivity index (χ3v) is 4.09. The first kappa shape index (κ1) is 19.7. The summed E-state index contributed by atoms with van der Waals surface area (Å²) >= 11 is 0. The number of carboxylic acid groups (broad SMARTS) is 1. The zero-order valence-corrected chi connectivity index (χ0v) is 13.2. The van der Waals surface area contributed by atoms with Crippen LogP contribution in [-0.2, 0) is 4.79 Å². The van der Waals surface area contributed by atoms with E-state index in [0.29, 0.717) is 12.8 Å². The molecule has 10 N–H and O–H groups in total. The molecule has 11 heteroatoms. The predicted molar refractivity (Wildman–Crippen MR) is 85.1 cm³/mol. The molecule has 0 radical (unpaired) electrons. The number of aliphatic carboxylic acids is 1. The lowest BCUT2D eigenvalue weighted by atomic mass is 9.78. The lowest BCUT2D eigenvalue weighted by molar-refractivity contribution is -0.144. The van der Waals surface area contributed by atoms with Crippen molar-refractivity contribution in [2.75, 3.05) is 13.1 Å². The minimum absolute atomic E-state index is 0.0180. The normalized spacial score (nSPS) is 27.8. The van der Waals surface area contributed by atoms with Gasteiger partial charge in [-0.25, -0.2) is 4.99 Å². The Labute approximate surface area is 135 Å². The molecule has 4 atom stereocenters. The first-order chi connectivity index (χ1) is 10.6. The first-order valence-corrected chi connectivity index (χ1v) is 7.48. The average Bonchev–Trinajstić information content (AvgIpc) is 2.77. The van der Waals surface area contributed by atoms with E-state index < -0.39 is 36.8 Å². The third kappa shape index (κ3) is 5.04. The lowest BCUT2D eigenvalue weighted by Crippen LogP contribution is -2.55. The van der Waals surface area contributed by atoms with Gasteiger partial charge in [0.2, 0.25) is 0 Å². The number of nitrogens with two attached hydrogens (primary N) is 3. The summed E-state index contributed by atoms with van der Waals surface area (Å²) in [5.74, 6) is -1.61. The summed E-state index contributed by atoms with van der Waals surface area (Å²) in [6.45, 7) is 1.78. The van der Waals surface area contributed by atoms with Crippen molar-refractivity contribution in [1.82, 2.24) is 4.90 Å². The van der Waals surface area contributed by atoms with Crippen LogP contribution < -0.4 is 17.2 Å². The molecule has 0 bridgehead atoms. The Hall–Kier alpha value is -1.40. The molecular weight excluding hydrogens is 305 g/mol. The smallest absolute Gasteiger partial charge is 0.451 e. The Morgan fingerprint density at radius 2 is 2.13 bits per heavy atom. The highest BCUT2D eigenvalue weighted by Gasteiger charge is 2.49. The Balaban J connectivity index is 2.81. The fraction of sp³-hybridized carbons (Fsp3) is 0.833. The van der Waals surface area contributed by atoms with Crippen molar-refractivity contribution in [1.29, 1.82) is 0 Å². The van der Waals surface area contributed by atoms with Crippen molar-refractivity contribution >= 4 is 19.0 Å². The molecule has 1 aliphatic heterocycles. The largest absolute Gasteiger partial charge is 0.480 e. The van der Waals surface area contributed by atoms with Gasteiger partial charge < -0.3 is 42.4 Å². The monoisotopic (exact) mass is 331 g/mol. The van der Waals surface area contributed by atoms with E-state index in [-0.39, 0.29) is 25.4 Å². The minimum Gasteiger partial charge on any atom is -0.480 e. The number of aliphatic hydroxyl groups is 1. The molecule has 0 aliphatic carbocycles. The van der Waals surface area contributed by atoms with Gasteiger partial charge in [0.15, 0.2) is 12.2 Å². The molecule has 0 aromatic rings. The second kappa shape index (κ2) is 7.93. The highest BCUT2D eigenvalue weighted by molar-refractivity contribution is 6.40. The Kier molecular flexibility index (Phi) is 6.77. The van der Waals surface area contributed by atoms with E-state index in [1.165, 1.54) is 4.90 Å². The molecular formula is C12H26BN5O5. The van der Waals surface area contributed by atoms with Gasteiger partial charge in [0, 0.05) is 25.0 Å². The zero-order valence-electron chi connectivity index (χ0n) is 13.2. The second-order valence-electron chi connectivity index (χ2n) is 6.09.